The Morgan fingerprint density at radius 2 is 1.75 bits per heavy atom. The Bertz CT molecular complexity index is 743. The van der Waals surface area contributed by atoms with Crippen LogP contribution in [0.5, 0.6) is 0 Å². The van der Waals surface area contributed by atoms with E-state index in [9.17, 15) is 27.2 Å². The Morgan fingerprint density at radius 1 is 1.04 bits per heavy atom. The average molecular weight is 360 g/mol. The molecule has 0 aliphatic heterocycles. The smallest absolute Gasteiger partial charge is 0.345 e. The highest BCUT2D eigenvalue weighted by molar-refractivity contribution is 7.17. The van der Waals surface area contributed by atoms with Crippen LogP contribution in [0.2, 0.25) is 0 Å². The van der Waals surface area contributed by atoms with E-state index in [2.05, 4.69) is 5.32 Å². The van der Waals surface area contributed by atoms with E-state index in [1.54, 1.807) is 29.6 Å². The van der Waals surface area contributed by atoms with E-state index in [1.807, 2.05) is 0 Å². The van der Waals surface area contributed by atoms with Crippen molar-refractivity contribution in [2.45, 2.75) is 6.18 Å². The number of thiophene rings is 1. The predicted octanol–water partition coefficient (Wildman–Crippen LogP) is 2.96. The van der Waals surface area contributed by atoms with Gasteiger partial charge in [-0.1, -0.05) is 18.2 Å². The third-order valence-corrected chi connectivity index (χ3v) is 3.98. The zero-order chi connectivity index (χ0) is 17.7. The monoisotopic (exact) mass is 360 g/mol. The number of carbonyl (C=O) groups is 2. The van der Waals surface area contributed by atoms with Gasteiger partial charge < -0.3 is 10.6 Å². The van der Waals surface area contributed by atoms with Gasteiger partial charge in [-0.25, -0.2) is 4.39 Å². The van der Waals surface area contributed by atoms with Crippen molar-refractivity contribution in [1.29, 1.82) is 0 Å². The quantitative estimate of drug-likeness (QED) is 0.806. The Labute approximate surface area is 138 Å². The molecule has 128 valence electrons. The molecule has 1 aromatic carbocycles. The maximum Gasteiger partial charge on any atom is 0.405 e. The van der Waals surface area contributed by atoms with E-state index < -0.39 is 36.9 Å². The lowest BCUT2D eigenvalue weighted by molar-refractivity contribution is -0.137. The molecule has 1 aromatic heterocycles. The second kappa shape index (κ2) is 7.43. The van der Waals surface area contributed by atoms with Crippen LogP contribution in [-0.4, -0.2) is 31.1 Å². The number of carbonyl (C=O) groups excluding carboxylic acids is 2. The number of hydrogen-bond donors (Lipinski definition) is 2. The maximum absolute atomic E-state index is 13.7. The van der Waals surface area contributed by atoms with E-state index in [0.29, 0.717) is 10.4 Å². The summed E-state index contributed by atoms with van der Waals surface area (Å²) >= 11 is 1.01. The van der Waals surface area contributed by atoms with Crippen molar-refractivity contribution in [1.82, 2.24) is 10.6 Å². The number of halogens is 4. The van der Waals surface area contributed by atoms with E-state index in [4.69, 9.17) is 0 Å². The fraction of sp³-hybridized carbons (Fsp3) is 0.200. The molecule has 24 heavy (non-hydrogen) atoms. The normalized spacial score (nSPS) is 11.2. The first-order chi connectivity index (χ1) is 11.3. The summed E-state index contributed by atoms with van der Waals surface area (Å²) in [5, 5.41) is 3.86. The van der Waals surface area contributed by atoms with E-state index in [-0.39, 0.29) is 4.88 Å². The highest BCUT2D eigenvalue weighted by Crippen LogP contribution is 2.29. The van der Waals surface area contributed by atoms with Crippen molar-refractivity contribution in [2.75, 3.05) is 13.1 Å². The highest BCUT2D eigenvalue weighted by Gasteiger charge is 2.27. The van der Waals surface area contributed by atoms with Crippen molar-refractivity contribution >= 4 is 23.2 Å². The Balaban J connectivity index is 1.92. The zero-order valence-electron chi connectivity index (χ0n) is 12.1. The minimum absolute atomic E-state index is 0.219. The molecule has 9 heteroatoms. The minimum Gasteiger partial charge on any atom is -0.345 e. The van der Waals surface area contributed by atoms with Crippen molar-refractivity contribution < 1.29 is 27.2 Å². The number of benzene rings is 1. The molecule has 2 N–H and O–H groups in total. The second-order valence-electron chi connectivity index (χ2n) is 4.72. The van der Waals surface area contributed by atoms with Crippen molar-refractivity contribution in [2.24, 2.45) is 0 Å². The predicted molar refractivity (Wildman–Crippen MR) is 81.1 cm³/mol. The van der Waals surface area contributed by atoms with Gasteiger partial charge in [-0.15, -0.1) is 11.3 Å². The lowest BCUT2D eigenvalue weighted by Crippen LogP contribution is -2.40. The molecule has 4 nitrogen and oxygen atoms in total. The van der Waals surface area contributed by atoms with Gasteiger partial charge in [0.15, 0.2) is 0 Å². The fourth-order valence-electron chi connectivity index (χ4n) is 1.77. The number of alkyl halides is 3. The maximum atomic E-state index is 13.7. The number of hydrogen-bond acceptors (Lipinski definition) is 3. The van der Waals surface area contributed by atoms with Gasteiger partial charge in [-0.2, -0.15) is 13.2 Å². The highest BCUT2D eigenvalue weighted by atomic mass is 32.1. The molecule has 0 bridgehead atoms. The standard InChI is InChI=1S/C15H12F4N2O2S/c16-10-4-2-1-3-9(10)11-5-6-12(24-11)14(23)20-7-13(22)21-8-15(17,18)19/h1-6H,7-8H2,(H,20,23)(H,21,22). The molecule has 0 saturated carbocycles. The molecule has 2 rings (SSSR count). The molecule has 0 unspecified atom stereocenters. The van der Waals surface area contributed by atoms with E-state index in [1.165, 1.54) is 12.1 Å². The van der Waals surface area contributed by atoms with Crippen LogP contribution in [0.3, 0.4) is 0 Å². The molecule has 2 amide bonds. The Kier molecular flexibility index (Phi) is 5.55. The van der Waals surface area contributed by atoms with Gasteiger partial charge in [0, 0.05) is 10.4 Å². The molecule has 1 heterocycles. The van der Waals surface area contributed by atoms with Gasteiger partial charge in [-0.05, 0) is 18.2 Å². The third-order valence-electron chi connectivity index (χ3n) is 2.86. The average Bonchev–Trinajstić information content (AvgIpc) is 3.00. The van der Waals surface area contributed by atoms with E-state index >= 15 is 0 Å². The first-order valence-corrected chi connectivity index (χ1v) is 7.54. The largest absolute Gasteiger partial charge is 0.405 e. The van der Waals surface area contributed by atoms with Gasteiger partial charge in [0.2, 0.25) is 5.91 Å². The molecule has 0 atom stereocenters. The van der Waals surface area contributed by atoms with E-state index in [0.717, 1.165) is 11.3 Å². The van der Waals surface area contributed by atoms with Gasteiger partial charge in [0.05, 0.1) is 11.4 Å². The van der Waals surface area contributed by atoms with Crippen LogP contribution in [0.25, 0.3) is 10.4 Å². The van der Waals surface area contributed by atoms with Crippen molar-refractivity contribution in [3.63, 3.8) is 0 Å². The zero-order valence-corrected chi connectivity index (χ0v) is 12.9. The van der Waals surface area contributed by atoms with Gasteiger partial charge in [0.1, 0.15) is 12.4 Å². The third kappa shape index (κ3) is 5.05. The molecule has 0 saturated heterocycles. The molecule has 0 aliphatic rings. The summed E-state index contributed by atoms with van der Waals surface area (Å²) in [6, 6.07) is 9.06. The molecule has 0 aliphatic carbocycles. The summed E-state index contributed by atoms with van der Waals surface area (Å²) in [6.07, 6.45) is -4.51. The molecular formula is C15H12F4N2O2S. The first kappa shape index (κ1) is 17.9. The van der Waals surface area contributed by atoms with Crippen molar-refractivity contribution in [3.05, 3.63) is 47.1 Å². The molecular weight excluding hydrogens is 348 g/mol. The van der Waals surface area contributed by atoms with Crippen LogP contribution in [0.1, 0.15) is 9.67 Å². The SMILES string of the molecule is O=C(CNC(=O)c1ccc(-c2ccccc2F)s1)NCC(F)(F)F. The lowest BCUT2D eigenvalue weighted by atomic mass is 10.2. The van der Waals surface area contributed by atoms with Crippen LogP contribution in [-0.2, 0) is 4.79 Å². The first-order valence-electron chi connectivity index (χ1n) is 6.72. The van der Waals surface area contributed by atoms with Crippen LogP contribution in [0, 0.1) is 5.82 Å². The summed E-state index contributed by atoms with van der Waals surface area (Å²) in [4.78, 5) is 23.9. The summed E-state index contributed by atoms with van der Waals surface area (Å²) in [6.45, 7) is -2.04. The van der Waals surface area contributed by atoms with Crippen molar-refractivity contribution in [3.8, 4) is 10.4 Å². The summed E-state index contributed by atoms with van der Waals surface area (Å²) < 4.78 is 49.5. The summed E-state index contributed by atoms with van der Waals surface area (Å²) in [5.74, 6) is -2.01. The molecule has 0 spiro atoms. The van der Waals surface area contributed by atoms with Gasteiger partial charge >= 0.3 is 6.18 Å². The molecule has 2 aromatic rings. The molecule has 0 fully saturated rings. The topological polar surface area (TPSA) is 58.2 Å². The van der Waals surface area contributed by atoms with Crippen LogP contribution in [0.15, 0.2) is 36.4 Å². The minimum atomic E-state index is -4.51. The number of rotatable bonds is 5. The van der Waals surface area contributed by atoms with Crippen LogP contribution >= 0.6 is 11.3 Å². The van der Waals surface area contributed by atoms with Crippen LogP contribution in [0.4, 0.5) is 17.6 Å². The van der Waals surface area contributed by atoms with Crippen LogP contribution < -0.4 is 10.6 Å². The second-order valence-corrected chi connectivity index (χ2v) is 5.80. The number of amides is 2. The number of nitrogens with one attached hydrogen (secondary N) is 2. The lowest BCUT2D eigenvalue weighted by Gasteiger charge is -2.08. The Morgan fingerprint density at radius 3 is 2.42 bits per heavy atom. The Hall–Kier alpha value is -2.42. The summed E-state index contributed by atoms with van der Waals surface area (Å²) in [7, 11) is 0. The summed E-state index contributed by atoms with van der Waals surface area (Å²) in [5.41, 5.74) is 0.337. The molecule has 0 radical (unpaired) electrons. The van der Waals surface area contributed by atoms with Gasteiger partial charge in [-0.3, -0.25) is 9.59 Å². The van der Waals surface area contributed by atoms with Gasteiger partial charge in [0.25, 0.3) is 5.91 Å². The fourth-order valence-corrected chi connectivity index (χ4v) is 2.72.